The molecule has 2 heterocycles. The first kappa shape index (κ1) is 22.5. The molecule has 2 N–H and O–H groups in total. The third-order valence-electron chi connectivity index (χ3n) is 6.00. The number of hydrogen-bond donors (Lipinski definition) is 2. The van der Waals surface area contributed by atoms with Crippen molar-refractivity contribution in [1.29, 1.82) is 0 Å². The highest BCUT2D eigenvalue weighted by atomic mass is 19.1. The van der Waals surface area contributed by atoms with E-state index in [-0.39, 0.29) is 5.82 Å². The lowest BCUT2D eigenvalue weighted by atomic mass is 9.93. The number of hydrogen-bond acceptors (Lipinski definition) is 3. The molecule has 0 radical (unpaired) electrons. The molecule has 4 aromatic rings. The van der Waals surface area contributed by atoms with Crippen LogP contribution >= 0.6 is 0 Å². The average Bonchev–Trinajstić information content (AvgIpc) is 3.21. The summed E-state index contributed by atoms with van der Waals surface area (Å²) in [6.07, 6.45) is 4.58. The number of benzene rings is 2. The van der Waals surface area contributed by atoms with E-state index < -0.39 is 0 Å². The maximum atomic E-state index is 15.2. The predicted molar refractivity (Wildman–Crippen MR) is 133 cm³/mol. The van der Waals surface area contributed by atoms with Gasteiger partial charge in [-0.3, -0.25) is 5.10 Å². The summed E-state index contributed by atoms with van der Waals surface area (Å²) >= 11 is 0. The number of H-pyrrole nitrogens is 1. The molecule has 1 atom stereocenters. The topological polar surface area (TPSA) is 58.0 Å². The van der Waals surface area contributed by atoms with Gasteiger partial charge in [-0.2, -0.15) is 5.10 Å². The Hall–Kier alpha value is -3.72. The molecule has 0 fully saturated rings. The predicted octanol–water partition coefficient (Wildman–Crippen LogP) is 7.45. The van der Waals surface area contributed by atoms with Gasteiger partial charge in [0.1, 0.15) is 17.3 Å². The number of pyridine rings is 1. The average molecular weight is 442 g/mol. The van der Waals surface area contributed by atoms with Gasteiger partial charge in [-0.05, 0) is 67.6 Å². The van der Waals surface area contributed by atoms with Gasteiger partial charge in [-0.15, -0.1) is 0 Å². The molecule has 6 heteroatoms. The van der Waals surface area contributed by atoms with Crippen LogP contribution < -0.4 is 5.32 Å². The van der Waals surface area contributed by atoms with Crippen LogP contribution in [0.4, 0.5) is 15.9 Å². The fourth-order valence-electron chi connectivity index (χ4n) is 4.13. The van der Waals surface area contributed by atoms with Crippen molar-refractivity contribution in [3.05, 3.63) is 71.0 Å². The fraction of sp³-hybridized carbons (Fsp3) is 0.296. The summed E-state index contributed by atoms with van der Waals surface area (Å²) < 4.78 is 15.2. The van der Waals surface area contributed by atoms with Crippen LogP contribution in [-0.4, -0.2) is 21.2 Å². The third-order valence-corrected chi connectivity index (χ3v) is 6.00. The maximum absolute atomic E-state index is 15.2. The van der Waals surface area contributed by atoms with E-state index in [0.29, 0.717) is 22.9 Å². The Balaban J connectivity index is 1.81. The Labute approximate surface area is 193 Å². The molecule has 0 aliphatic heterocycles. The Bertz CT molecular complexity index is 1310. The summed E-state index contributed by atoms with van der Waals surface area (Å²) in [6, 6.07) is 11.5. The molecule has 4 rings (SSSR count). The Kier molecular flexibility index (Phi) is 6.41. The lowest BCUT2D eigenvalue weighted by molar-refractivity contribution is 0.627. The van der Waals surface area contributed by atoms with Gasteiger partial charge in [0.05, 0.1) is 12.1 Å². The zero-order valence-corrected chi connectivity index (χ0v) is 19.5. The Morgan fingerprint density at radius 1 is 1.18 bits per heavy atom. The minimum Gasteiger partial charge on any atom is -0.368 e. The summed E-state index contributed by atoms with van der Waals surface area (Å²) in [5.74, 6) is 0.517. The quantitative estimate of drug-likeness (QED) is 0.293. The molecule has 33 heavy (non-hydrogen) atoms. The highest BCUT2D eigenvalue weighted by Gasteiger charge is 2.18. The highest BCUT2D eigenvalue weighted by Crippen LogP contribution is 2.40. The smallest absolute Gasteiger partial charge is 0.197 e. The third kappa shape index (κ3) is 4.45. The molecule has 0 saturated carbocycles. The number of aromatic amines is 1. The van der Waals surface area contributed by atoms with E-state index in [1.807, 2.05) is 31.2 Å². The Morgan fingerprint density at radius 3 is 2.64 bits per heavy atom. The molecule has 0 aliphatic rings. The number of aryl methyl sites for hydroxylation is 2. The Morgan fingerprint density at radius 2 is 2.00 bits per heavy atom. The normalized spacial score (nSPS) is 12.0. The SMILES string of the molecule is [C-]#[N+]c1cc2[nH]nc(-c3ccc(N[C@H](C)CC)nc3)c2cc1-c1c(C)cc(CCC)cc1F. The molecular formula is C27H28FN5. The van der Waals surface area contributed by atoms with E-state index in [9.17, 15) is 0 Å². The van der Waals surface area contributed by atoms with E-state index in [1.54, 1.807) is 18.3 Å². The standard InChI is InChI=1S/C27H28FN5/c1-6-8-18-11-16(3)26(22(28)12-18)20-13-21-24(14-23(20)29-5)32-33-27(21)19-9-10-25(30-15-19)31-17(4)7-2/h9-15,17H,6-8H2,1-4H3,(H,30,31)(H,32,33)/t17-/m1/s1. The van der Waals surface area contributed by atoms with Gasteiger partial charge >= 0.3 is 0 Å². The lowest BCUT2D eigenvalue weighted by Gasteiger charge is -2.13. The van der Waals surface area contributed by atoms with Crippen LogP contribution in [0.15, 0.2) is 42.6 Å². The summed E-state index contributed by atoms with van der Waals surface area (Å²) in [6.45, 7) is 15.9. The van der Waals surface area contributed by atoms with Crippen LogP contribution in [0.3, 0.4) is 0 Å². The summed E-state index contributed by atoms with van der Waals surface area (Å²) in [4.78, 5) is 8.21. The number of fused-ring (bicyclic) bond motifs is 1. The van der Waals surface area contributed by atoms with Crippen molar-refractivity contribution in [2.45, 2.75) is 53.0 Å². The number of nitrogens with one attached hydrogen (secondary N) is 2. The van der Waals surface area contributed by atoms with Crippen LogP contribution in [0.5, 0.6) is 0 Å². The summed E-state index contributed by atoms with van der Waals surface area (Å²) in [5.41, 5.74) is 5.58. The molecule has 5 nitrogen and oxygen atoms in total. The van der Waals surface area contributed by atoms with Crippen molar-refractivity contribution in [1.82, 2.24) is 15.2 Å². The zero-order valence-electron chi connectivity index (χ0n) is 19.5. The van der Waals surface area contributed by atoms with E-state index >= 15 is 4.39 Å². The van der Waals surface area contributed by atoms with Gasteiger partial charge in [-0.1, -0.05) is 32.4 Å². The van der Waals surface area contributed by atoms with Crippen LogP contribution in [0.1, 0.15) is 44.7 Å². The maximum Gasteiger partial charge on any atom is 0.197 e. The van der Waals surface area contributed by atoms with Crippen LogP contribution in [0.25, 0.3) is 38.1 Å². The van der Waals surface area contributed by atoms with Crippen molar-refractivity contribution < 1.29 is 4.39 Å². The van der Waals surface area contributed by atoms with Gasteiger partial charge in [0, 0.05) is 28.8 Å². The van der Waals surface area contributed by atoms with E-state index in [0.717, 1.165) is 58.4 Å². The van der Waals surface area contributed by atoms with Gasteiger partial charge in [0.25, 0.3) is 0 Å². The second-order valence-corrected chi connectivity index (χ2v) is 8.50. The van der Waals surface area contributed by atoms with E-state index in [4.69, 9.17) is 6.57 Å². The second-order valence-electron chi connectivity index (χ2n) is 8.50. The second kappa shape index (κ2) is 9.41. The van der Waals surface area contributed by atoms with Crippen molar-refractivity contribution in [3.63, 3.8) is 0 Å². The molecular weight excluding hydrogens is 413 g/mol. The lowest BCUT2D eigenvalue weighted by Crippen LogP contribution is -2.14. The molecule has 168 valence electrons. The summed E-state index contributed by atoms with van der Waals surface area (Å²) in [7, 11) is 0. The van der Waals surface area contributed by atoms with Crippen molar-refractivity contribution >= 4 is 22.4 Å². The van der Waals surface area contributed by atoms with E-state index in [1.165, 1.54) is 0 Å². The van der Waals surface area contributed by atoms with Crippen molar-refractivity contribution in [3.8, 4) is 22.4 Å². The molecule has 0 bridgehead atoms. The number of anilines is 1. The first-order chi connectivity index (χ1) is 15.9. The number of rotatable bonds is 7. The molecule has 0 saturated heterocycles. The molecule has 0 aliphatic carbocycles. The highest BCUT2D eigenvalue weighted by molar-refractivity contribution is 6.00. The fourth-order valence-corrected chi connectivity index (χ4v) is 4.13. The van der Waals surface area contributed by atoms with Crippen LogP contribution in [0, 0.1) is 19.3 Å². The molecule has 0 spiro atoms. The molecule has 2 aromatic heterocycles. The number of aromatic nitrogens is 3. The van der Waals surface area contributed by atoms with Gasteiger partial charge in [-0.25, -0.2) is 14.2 Å². The first-order valence-electron chi connectivity index (χ1n) is 11.4. The molecule has 0 unspecified atom stereocenters. The minimum atomic E-state index is -0.296. The summed E-state index contributed by atoms with van der Waals surface area (Å²) in [5, 5.41) is 11.7. The largest absolute Gasteiger partial charge is 0.368 e. The number of nitrogens with zero attached hydrogens (tertiary/aromatic N) is 3. The first-order valence-corrected chi connectivity index (χ1v) is 11.4. The van der Waals surface area contributed by atoms with E-state index in [2.05, 4.69) is 46.1 Å². The van der Waals surface area contributed by atoms with Crippen molar-refractivity contribution in [2.75, 3.05) is 5.32 Å². The van der Waals surface area contributed by atoms with Crippen LogP contribution in [0.2, 0.25) is 0 Å². The monoisotopic (exact) mass is 441 g/mol. The van der Waals surface area contributed by atoms with Crippen molar-refractivity contribution in [2.24, 2.45) is 0 Å². The molecule has 0 amide bonds. The van der Waals surface area contributed by atoms with Crippen LogP contribution in [-0.2, 0) is 6.42 Å². The number of halogens is 1. The minimum absolute atomic E-state index is 0.296. The van der Waals surface area contributed by atoms with Gasteiger partial charge < -0.3 is 5.32 Å². The van der Waals surface area contributed by atoms with Gasteiger partial charge in [0.15, 0.2) is 5.69 Å². The zero-order chi connectivity index (χ0) is 23.5. The van der Waals surface area contributed by atoms with Gasteiger partial charge in [0.2, 0.25) is 0 Å². The molecule has 2 aromatic carbocycles.